The van der Waals surface area contributed by atoms with Gasteiger partial charge in [-0.2, -0.15) is 0 Å². The van der Waals surface area contributed by atoms with E-state index in [1.165, 1.54) is 5.56 Å². The molecule has 0 saturated carbocycles. The Balaban J connectivity index is 1.75. The highest BCUT2D eigenvalue weighted by molar-refractivity contribution is 5.80. The number of fused-ring (bicyclic) bond motifs is 2. The number of aryl methyl sites for hydroxylation is 1. The number of methoxy groups -OCH3 is 1. The summed E-state index contributed by atoms with van der Waals surface area (Å²) in [7, 11) is 1.66. The van der Waals surface area contributed by atoms with Crippen molar-refractivity contribution in [2.45, 2.75) is 32.1 Å². The molecule has 0 radical (unpaired) electrons. The summed E-state index contributed by atoms with van der Waals surface area (Å²) in [6, 6.07) is 18.2. The van der Waals surface area contributed by atoms with E-state index < -0.39 is 0 Å². The van der Waals surface area contributed by atoms with Crippen LogP contribution in [0, 0.1) is 0 Å². The van der Waals surface area contributed by atoms with Crippen molar-refractivity contribution in [2.24, 2.45) is 0 Å². The van der Waals surface area contributed by atoms with Gasteiger partial charge in [0, 0.05) is 23.2 Å². The van der Waals surface area contributed by atoms with Gasteiger partial charge in [-0.05, 0) is 48.9 Å². The molecule has 5 nitrogen and oxygen atoms in total. The molecule has 5 rings (SSSR count). The molecule has 0 bridgehead atoms. The van der Waals surface area contributed by atoms with Gasteiger partial charge >= 0.3 is 0 Å². The predicted molar refractivity (Wildman–Crippen MR) is 114 cm³/mol. The normalized spacial score (nSPS) is 13.4. The third-order valence-electron chi connectivity index (χ3n) is 5.73. The molecule has 1 aliphatic rings. The highest BCUT2D eigenvalue weighted by Crippen LogP contribution is 2.31. The highest BCUT2D eigenvalue weighted by atomic mass is 16.5. The first kappa shape index (κ1) is 17.7. The number of aromatic nitrogens is 3. The quantitative estimate of drug-likeness (QED) is 0.574. The zero-order valence-electron chi connectivity index (χ0n) is 16.4. The molecule has 5 heteroatoms. The molecule has 0 amide bonds. The molecule has 2 heterocycles. The van der Waals surface area contributed by atoms with Crippen LogP contribution in [0.1, 0.15) is 35.4 Å². The molecule has 29 heavy (non-hydrogen) atoms. The molecule has 1 aliphatic carbocycles. The third kappa shape index (κ3) is 3.12. The van der Waals surface area contributed by atoms with E-state index >= 15 is 0 Å². The third-order valence-corrected chi connectivity index (χ3v) is 5.73. The van der Waals surface area contributed by atoms with Crippen LogP contribution in [-0.2, 0) is 19.3 Å². The number of rotatable bonds is 4. The lowest BCUT2D eigenvalue weighted by molar-refractivity contribution is 0.415. The average molecular weight is 385 g/mol. The molecular formula is C24H23N3O2. The number of benzene rings is 2. The Morgan fingerprint density at radius 2 is 1.79 bits per heavy atom. The van der Waals surface area contributed by atoms with Gasteiger partial charge in [0.2, 0.25) is 0 Å². The molecule has 0 fully saturated rings. The van der Waals surface area contributed by atoms with Crippen LogP contribution in [0.4, 0.5) is 0 Å². The van der Waals surface area contributed by atoms with Gasteiger partial charge in [0.25, 0.3) is 5.56 Å². The standard InChI is InChI=1S/C24H23N3O2/c1-29-18-13-11-17(12-14-18)22-21(15-16-7-3-2-4-8-16)26-27-23(22)25-20-10-6-5-9-19(20)24(27)28/h2-4,7-8,11-14,26H,5-6,9-10,15H2,1H3. The maximum absolute atomic E-state index is 13.2. The molecule has 0 unspecified atom stereocenters. The number of H-pyrrole nitrogens is 1. The molecule has 0 spiro atoms. The number of nitrogens with zero attached hydrogens (tertiary/aromatic N) is 2. The summed E-state index contributed by atoms with van der Waals surface area (Å²) in [6.07, 6.45) is 4.54. The molecule has 0 saturated heterocycles. The van der Waals surface area contributed by atoms with E-state index in [1.807, 2.05) is 42.5 Å². The second-order valence-electron chi connectivity index (χ2n) is 7.56. The maximum atomic E-state index is 13.2. The predicted octanol–water partition coefficient (Wildman–Crippen LogP) is 4.17. The topological polar surface area (TPSA) is 59.4 Å². The van der Waals surface area contributed by atoms with E-state index in [-0.39, 0.29) is 5.56 Å². The Morgan fingerprint density at radius 1 is 1.03 bits per heavy atom. The minimum Gasteiger partial charge on any atom is -0.497 e. The van der Waals surface area contributed by atoms with Gasteiger partial charge in [0.1, 0.15) is 5.75 Å². The Kier molecular flexibility index (Phi) is 4.43. The zero-order valence-corrected chi connectivity index (χ0v) is 16.4. The van der Waals surface area contributed by atoms with Gasteiger partial charge in [0.15, 0.2) is 5.65 Å². The van der Waals surface area contributed by atoms with Crippen molar-refractivity contribution in [3.05, 3.63) is 87.5 Å². The monoisotopic (exact) mass is 385 g/mol. The van der Waals surface area contributed by atoms with Crippen LogP contribution in [0.2, 0.25) is 0 Å². The van der Waals surface area contributed by atoms with E-state index in [9.17, 15) is 4.79 Å². The first-order valence-electron chi connectivity index (χ1n) is 10.1. The van der Waals surface area contributed by atoms with Crippen molar-refractivity contribution >= 4 is 5.65 Å². The first-order valence-corrected chi connectivity index (χ1v) is 10.1. The van der Waals surface area contributed by atoms with Crippen LogP contribution in [0.15, 0.2) is 59.4 Å². The zero-order chi connectivity index (χ0) is 19.8. The van der Waals surface area contributed by atoms with Crippen LogP contribution < -0.4 is 10.3 Å². The maximum Gasteiger partial charge on any atom is 0.276 e. The molecule has 2 aromatic carbocycles. The molecule has 4 aromatic rings. The lowest BCUT2D eigenvalue weighted by Gasteiger charge is -2.13. The minimum atomic E-state index is 0.0405. The van der Waals surface area contributed by atoms with Crippen LogP contribution in [-0.4, -0.2) is 21.7 Å². The minimum absolute atomic E-state index is 0.0405. The van der Waals surface area contributed by atoms with Crippen molar-refractivity contribution in [3.8, 4) is 16.9 Å². The van der Waals surface area contributed by atoms with Crippen molar-refractivity contribution in [1.82, 2.24) is 14.6 Å². The van der Waals surface area contributed by atoms with Crippen molar-refractivity contribution in [1.29, 1.82) is 0 Å². The van der Waals surface area contributed by atoms with Crippen LogP contribution in [0.5, 0.6) is 5.75 Å². The molecule has 2 aromatic heterocycles. The number of aromatic amines is 1. The fraction of sp³-hybridized carbons (Fsp3) is 0.250. The van der Waals surface area contributed by atoms with Gasteiger partial charge in [0.05, 0.1) is 12.8 Å². The highest BCUT2D eigenvalue weighted by Gasteiger charge is 2.22. The van der Waals surface area contributed by atoms with Crippen LogP contribution in [0.3, 0.4) is 0 Å². The lowest BCUT2D eigenvalue weighted by Crippen LogP contribution is -2.25. The van der Waals surface area contributed by atoms with Crippen molar-refractivity contribution in [3.63, 3.8) is 0 Å². The Hall–Kier alpha value is -3.34. The number of nitrogens with one attached hydrogen (secondary N) is 1. The van der Waals surface area contributed by atoms with Gasteiger partial charge in [-0.3, -0.25) is 9.89 Å². The summed E-state index contributed by atoms with van der Waals surface area (Å²) >= 11 is 0. The Bertz CT molecular complexity index is 1220. The van der Waals surface area contributed by atoms with Gasteiger partial charge < -0.3 is 4.74 Å². The van der Waals surface area contributed by atoms with Crippen LogP contribution in [0.25, 0.3) is 16.8 Å². The summed E-state index contributed by atoms with van der Waals surface area (Å²) in [5, 5.41) is 3.37. The largest absolute Gasteiger partial charge is 0.497 e. The molecule has 0 atom stereocenters. The van der Waals surface area contributed by atoms with E-state index in [1.54, 1.807) is 11.6 Å². The summed E-state index contributed by atoms with van der Waals surface area (Å²) in [4.78, 5) is 18.2. The molecule has 0 aliphatic heterocycles. The number of ether oxygens (including phenoxy) is 1. The summed E-state index contributed by atoms with van der Waals surface area (Å²) in [5.41, 5.74) is 6.77. The van der Waals surface area contributed by atoms with E-state index in [0.29, 0.717) is 12.1 Å². The SMILES string of the molecule is COc1ccc(-c2c(Cc3ccccc3)[nH]n3c(=O)c4c(nc23)CCCC4)cc1. The molecule has 146 valence electrons. The smallest absolute Gasteiger partial charge is 0.276 e. The molecule has 1 N–H and O–H groups in total. The van der Waals surface area contributed by atoms with Gasteiger partial charge in [-0.1, -0.05) is 42.5 Å². The van der Waals surface area contributed by atoms with E-state index in [4.69, 9.17) is 9.72 Å². The van der Waals surface area contributed by atoms with Crippen molar-refractivity contribution < 1.29 is 4.74 Å². The fourth-order valence-corrected chi connectivity index (χ4v) is 4.24. The second-order valence-corrected chi connectivity index (χ2v) is 7.56. The Morgan fingerprint density at radius 3 is 2.55 bits per heavy atom. The van der Waals surface area contributed by atoms with Crippen LogP contribution >= 0.6 is 0 Å². The fourth-order valence-electron chi connectivity index (χ4n) is 4.24. The summed E-state index contributed by atoms with van der Waals surface area (Å²) in [5.74, 6) is 0.806. The lowest BCUT2D eigenvalue weighted by atomic mass is 9.97. The van der Waals surface area contributed by atoms with Gasteiger partial charge in [-0.15, -0.1) is 0 Å². The van der Waals surface area contributed by atoms with E-state index in [2.05, 4.69) is 17.2 Å². The number of hydrogen-bond donors (Lipinski definition) is 1. The summed E-state index contributed by atoms with van der Waals surface area (Å²) < 4.78 is 6.96. The van der Waals surface area contributed by atoms with Crippen molar-refractivity contribution in [2.75, 3.05) is 7.11 Å². The molecular weight excluding hydrogens is 362 g/mol. The first-order chi connectivity index (χ1) is 14.2. The van der Waals surface area contributed by atoms with E-state index in [0.717, 1.165) is 59.5 Å². The number of hydrogen-bond acceptors (Lipinski definition) is 3. The van der Waals surface area contributed by atoms with Gasteiger partial charge in [-0.25, -0.2) is 9.50 Å². The average Bonchev–Trinajstić information content (AvgIpc) is 3.13. The Labute approximate surface area is 169 Å². The summed E-state index contributed by atoms with van der Waals surface area (Å²) in [6.45, 7) is 0. The second kappa shape index (κ2) is 7.24.